The van der Waals surface area contributed by atoms with Crippen LogP contribution in [0.2, 0.25) is 0 Å². The molecule has 3 aromatic rings. The number of aromatic nitrogens is 1. The Morgan fingerprint density at radius 2 is 2.23 bits per heavy atom. The van der Waals surface area contributed by atoms with Crippen LogP contribution in [0.15, 0.2) is 57.9 Å². The quantitative estimate of drug-likeness (QED) is 0.658. The van der Waals surface area contributed by atoms with E-state index < -0.39 is 0 Å². The van der Waals surface area contributed by atoms with E-state index in [1.54, 1.807) is 29.3 Å². The Morgan fingerprint density at radius 1 is 1.27 bits per heavy atom. The van der Waals surface area contributed by atoms with Crippen LogP contribution in [-0.2, 0) is 6.54 Å². The average molecular weight is 382 g/mol. The van der Waals surface area contributed by atoms with Crippen LogP contribution >= 0.6 is 23.1 Å². The summed E-state index contributed by atoms with van der Waals surface area (Å²) in [6.07, 6.45) is 5.88. The van der Waals surface area contributed by atoms with E-state index in [-0.39, 0.29) is 5.50 Å². The molecule has 1 N–H and O–H groups in total. The molecule has 4 nitrogen and oxygen atoms in total. The molecule has 0 saturated carbocycles. The Bertz CT molecular complexity index is 951. The summed E-state index contributed by atoms with van der Waals surface area (Å²) >= 11 is 3.49. The van der Waals surface area contributed by atoms with Crippen LogP contribution < -0.4 is 10.1 Å². The van der Waals surface area contributed by atoms with Gasteiger partial charge in [-0.05, 0) is 48.2 Å². The minimum Gasteiger partial charge on any atom is -0.493 e. The maximum absolute atomic E-state index is 5.73. The first-order valence-electron chi connectivity index (χ1n) is 8.50. The number of rotatable bonds is 6. The lowest BCUT2D eigenvalue weighted by atomic mass is 10.1. The van der Waals surface area contributed by atoms with Gasteiger partial charge in [-0.2, -0.15) is 0 Å². The number of pyridine rings is 1. The van der Waals surface area contributed by atoms with Crippen LogP contribution in [-0.4, -0.2) is 23.3 Å². The standard InChI is InChI=1S/C20H19N3OS2/c1-2-24-19-7-8-21-18-6-5-14(11-17(18)19)10-16-13-23-20(26-16)22-12-15-4-3-9-25-15/h3-11,13,20,22H,2,12H2,1H3/b16-10-. The molecule has 0 saturated heterocycles. The number of nitrogens with one attached hydrogen (secondary N) is 1. The van der Waals surface area contributed by atoms with Gasteiger partial charge in [0.15, 0.2) is 5.50 Å². The molecule has 1 aliphatic heterocycles. The highest BCUT2D eigenvalue weighted by molar-refractivity contribution is 8.04. The number of aliphatic imine (C=N–C) groups is 1. The molecule has 3 heterocycles. The zero-order valence-electron chi connectivity index (χ0n) is 14.4. The number of ether oxygens (including phenoxy) is 1. The molecule has 1 aliphatic rings. The fourth-order valence-corrected chi connectivity index (χ4v) is 4.30. The third-order valence-corrected chi connectivity index (χ3v) is 5.83. The topological polar surface area (TPSA) is 46.5 Å². The van der Waals surface area contributed by atoms with Crippen LogP contribution in [0.5, 0.6) is 5.75 Å². The van der Waals surface area contributed by atoms with Gasteiger partial charge in [-0.15, -0.1) is 11.3 Å². The highest BCUT2D eigenvalue weighted by Gasteiger charge is 2.15. The molecule has 0 aliphatic carbocycles. The Labute approximate surface area is 161 Å². The lowest BCUT2D eigenvalue weighted by molar-refractivity contribution is 0.344. The summed E-state index contributed by atoms with van der Waals surface area (Å²) in [7, 11) is 0. The molecule has 0 fully saturated rings. The number of allylic oxidation sites excluding steroid dienone is 1. The van der Waals surface area contributed by atoms with Crippen molar-refractivity contribution < 1.29 is 4.74 Å². The Balaban J connectivity index is 1.48. The van der Waals surface area contributed by atoms with E-state index in [2.05, 4.69) is 51.0 Å². The summed E-state index contributed by atoms with van der Waals surface area (Å²) < 4.78 is 5.73. The predicted molar refractivity (Wildman–Crippen MR) is 112 cm³/mol. The monoisotopic (exact) mass is 381 g/mol. The van der Waals surface area contributed by atoms with Crippen molar-refractivity contribution in [3.63, 3.8) is 0 Å². The van der Waals surface area contributed by atoms with Crippen LogP contribution in [0, 0.1) is 0 Å². The predicted octanol–water partition coefficient (Wildman–Crippen LogP) is 4.93. The van der Waals surface area contributed by atoms with Gasteiger partial charge in [0.25, 0.3) is 0 Å². The smallest absolute Gasteiger partial charge is 0.151 e. The molecule has 0 amide bonds. The van der Waals surface area contributed by atoms with Gasteiger partial charge in [0, 0.05) is 34.1 Å². The van der Waals surface area contributed by atoms with E-state index in [9.17, 15) is 0 Å². The number of fused-ring (bicyclic) bond motifs is 1. The number of thiophene rings is 1. The Kier molecular flexibility index (Phi) is 5.34. The molecule has 0 bridgehead atoms. The molecular weight excluding hydrogens is 362 g/mol. The van der Waals surface area contributed by atoms with Crippen molar-refractivity contribution in [3.8, 4) is 5.75 Å². The molecule has 6 heteroatoms. The van der Waals surface area contributed by atoms with Crippen molar-refractivity contribution in [1.82, 2.24) is 10.3 Å². The SMILES string of the molecule is CCOc1ccnc2ccc(/C=C3/C=NC(NCc4cccs4)S3)cc12. The van der Waals surface area contributed by atoms with Crippen molar-refractivity contribution in [2.45, 2.75) is 19.0 Å². The zero-order valence-corrected chi connectivity index (χ0v) is 16.0. The molecular formula is C20H19N3OS2. The lowest BCUT2D eigenvalue weighted by Gasteiger charge is -2.08. The normalized spacial score (nSPS) is 18.0. The van der Waals surface area contributed by atoms with E-state index in [4.69, 9.17) is 4.74 Å². The number of benzene rings is 1. The summed E-state index contributed by atoms with van der Waals surface area (Å²) in [5.74, 6) is 0.876. The number of thioether (sulfide) groups is 1. The van der Waals surface area contributed by atoms with E-state index >= 15 is 0 Å². The van der Waals surface area contributed by atoms with Gasteiger partial charge in [0.05, 0.1) is 12.1 Å². The van der Waals surface area contributed by atoms with E-state index in [1.165, 1.54) is 4.88 Å². The van der Waals surface area contributed by atoms with Crippen molar-refractivity contribution >= 4 is 46.3 Å². The fraction of sp³-hybridized carbons (Fsp3) is 0.200. The minimum atomic E-state index is 0.0736. The Morgan fingerprint density at radius 3 is 3.08 bits per heavy atom. The van der Waals surface area contributed by atoms with Crippen LogP contribution in [0.3, 0.4) is 0 Å². The number of hydrogen-bond donors (Lipinski definition) is 1. The summed E-state index contributed by atoms with van der Waals surface area (Å²) in [5.41, 5.74) is 2.14. The van der Waals surface area contributed by atoms with Crippen molar-refractivity contribution in [2.24, 2.45) is 4.99 Å². The molecule has 132 valence electrons. The molecule has 4 rings (SSSR count). The van der Waals surface area contributed by atoms with Gasteiger partial charge in [-0.1, -0.05) is 23.9 Å². The van der Waals surface area contributed by atoms with Gasteiger partial charge in [-0.25, -0.2) is 0 Å². The second kappa shape index (κ2) is 8.03. The summed E-state index contributed by atoms with van der Waals surface area (Å²) in [6, 6.07) is 12.4. The second-order valence-corrected chi connectivity index (χ2v) is 7.96. The number of nitrogens with zero attached hydrogens (tertiary/aromatic N) is 2. The van der Waals surface area contributed by atoms with Crippen molar-refractivity contribution in [2.75, 3.05) is 6.61 Å². The van der Waals surface area contributed by atoms with Gasteiger partial charge >= 0.3 is 0 Å². The third kappa shape index (κ3) is 3.98. The van der Waals surface area contributed by atoms with Gasteiger partial charge in [0.1, 0.15) is 5.75 Å². The first-order chi connectivity index (χ1) is 12.8. The fourth-order valence-electron chi connectivity index (χ4n) is 2.77. The first-order valence-corrected chi connectivity index (χ1v) is 10.3. The number of hydrogen-bond acceptors (Lipinski definition) is 6. The molecule has 26 heavy (non-hydrogen) atoms. The maximum atomic E-state index is 5.73. The van der Waals surface area contributed by atoms with Gasteiger partial charge in [-0.3, -0.25) is 15.3 Å². The summed E-state index contributed by atoms with van der Waals surface area (Å²) in [6.45, 7) is 3.48. The Hall–Kier alpha value is -2.15. The zero-order chi connectivity index (χ0) is 17.8. The van der Waals surface area contributed by atoms with Crippen LogP contribution in [0.25, 0.3) is 17.0 Å². The van der Waals surface area contributed by atoms with Crippen LogP contribution in [0.4, 0.5) is 0 Å². The molecule has 2 aromatic heterocycles. The third-order valence-electron chi connectivity index (χ3n) is 3.95. The summed E-state index contributed by atoms with van der Waals surface area (Å²) in [5, 5.41) is 6.59. The van der Waals surface area contributed by atoms with Gasteiger partial charge < -0.3 is 4.74 Å². The van der Waals surface area contributed by atoms with Crippen molar-refractivity contribution in [1.29, 1.82) is 0 Å². The molecule has 0 spiro atoms. The van der Waals surface area contributed by atoms with E-state index in [0.717, 1.165) is 33.7 Å². The minimum absolute atomic E-state index is 0.0736. The van der Waals surface area contributed by atoms with Crippen LogP contribution in [0.1, 0.15) is 17.4 Å². The highest BCUT2D eigenvalue weighted by Crippen LogP contribution is 2.30. The molecule has 1 atom stereocenters. The molecule has 1 aromatic carbocycles. The van der Waals surface area contributed by atoms with Crippen molar-refractivity contribution in [3.05, 3.63) is 63.3 Å². The first kappa shape index (κ1) is 17.3. The van der Waals surface area contributed by atoms with E-state index in [1.807, 2.05) is 25.3 Å². The maximum Gasteiger partial charge on any atom is 0.151 e. The molecule has 1 unspecified atom stereocenters. The molecule has 0 radical (unpaired) electrons. The largest absolute Gasteiger partial charge is 0.493 e. The van der Waals surface area contributed by atoms with Gasteiger partial charge in [0.2, 0.25) is 0 Å². The highest BCUT2D eigenvalue weighted by atomic mass is 32.2. The van der Waals surface area contributed by atoms with E-state index in [0.29, 0.717) is 6.61 Å². The lowest BCUT2D eigenvalue weighted by Crippen LogP contribution is -2.20. The summed E-state index contributed by atoms with van der Waals surface area (Å²) in [4.78, 5) is 11.4. The average Bonchev–Trinajstić information content (AvgIpc) is 3.32. The second-order valence-electron chi connectivity index (χ2n) is 5.77.